The second kappa shape index (κ2) is 9.69. The van der Waals surface area contributed by atoms with E-state index in [2.05, 4.69) is 20.6 Å². The zero-order chi connectivity index (χ0) is 20.8. The van der Waals surface area contributed by atoms with Crippen molar-refractivity contribution >= 4 is 11.9 Å². The van der Waals surface area contributed by atoms with Gasteiger partial charge in [-0.15, -0.1) is 0 Å². The summed E-state index contributed by atoms with van der Waals surface area (Å²) in [5.41, 5.74) is 2.87. The molecule has 7 nitrogen and oxygen atoms in total. The molecule has 2 N–H and O–H groups in total. The number of hydrogen-bond acceptors (Lipinski definition) is 6. The van der Waals surface area contributed by atoms with Gasteiger partial charge in [-0.2, -0.15) is 0 Å². The molecule has 0 aliphatic heterocycles. The maximum atomic E-state index is 12.6. The molecule has 1 aliphatic carbocycles. The number of anilines is 1. The summed E-state index contributed by atoms with van der Waals surface area (Å²) in [7, 11) is 7.46. The molecule has 1 fully saturated rings. The van der Waals surface area contributed by atoms with E-state index in [0.717, 1.165) is 48.1 Å². The smallest absolute Gasteiger partial charge is 0.224 e. The highest BCUT2D eigenvalue weighted by Gasteiger charge is 2.25. The van der Waals surface area contributed by atoms with Gasteiger partial charge < -0.3 is 20.3 Å². The Morgan fingerprint density at radius 1 is 1.14 bits per heavy atom. The van der Waals surface area contributed by atoms with Crippen molar-refractivity contribution in [2.75, 3.05) is 33.2 Å². The largest absolute Gasteiger partial charge is 0.496 e. The number of benzene rings is 1. The molecule has 3 rings (SSSR count). The summed E-state index contributed by atoms with van der Waals surface area (Å²) in [6, 6.07) is 6.48. The third-order valence-electron chi connectivity index (χ3n) is 5.61. The maximum absolute atomic E-state index is 12.6. The molecule has 0 radical (unpaired) electrons. The Morgan fingerprint density at radius 2 is 1.83 bits per heavy atom. The summed E-state index contributed by atoms with van der Waals surface area (Å²) in [6.45, 7) is 0.443. The number of amides is 1. The topological polar surface area (TPSA) is 79.4 Å². The Bertz CT molecular complexity index is 814. The van der Waals surface area contributed by atoms with Crippen LogP contribution in [0, 0.1) is 5.92 Å². The molecular formula is C22H31N5O2. The van der Waals surface area contributed by atoms with E-state index in [9.17, 15) is 4.79 Å². The summed E-state index contributed by atoms with van der Waals surface area (Å²) in [4.78, 5) is 23.3. The molecule has 0 bridgehead atoms. The van der Waals surface area contributed by atoms with Gasteiger partial charge in [0, 0.05) is 56.1 Å². The third-order valence-corrected chi connectivity index (χ3v) is 5.61. The van der Waals surface area contributed by atoms with E-state index in [1.165, 1.54) is 0 Å². The molecule has 0 saturated heterocycles. The number of aromatic nitrogens is 2. The van der Waals surface area contributed by atoms with Crippen molar-refractivity contribution in [1.82, 2.24) is 20.6 Å². The van der Waals surface area contributed by atoms with Crippen molar-refractivity contribution < 1.29 is 9.53 Å². The van der Waals surface area contributed by atoms with Crippen molar-refractivity contribution in [2.45, 2.75) is 38.3 Å². The lowest BCUT2D eigenvalue weighted by atomic mass is 9.85. The minimum absolute atomic E-state index is 0.0979. The quantitative estimate of drug-likeness (QED) is 0.748. The van der Waals surface area contributed by atoms with Crippen LogP contribution in [-0.4, -0.2) is 50.2 Å². The molecule has 0 spiro atoms. The molecule has 0 atom stereocenters. The van der Waals surface area contributed by atoms with E-state index in [-0.39, 0.29) is 11.8 Å². The van der Waals surface area contributed by atoms with Crippen LogP contribution in [-0.2, 0) is 11.3 Å². The summed E-state index contributed by atoms with van der Waals surface area (Å²) in [6.07, 6.45) is 7.60. The van der Waals surface area contributed by atoms with E-state index in [1.807, 2.05) is 56.6 Å². The van der Waals surface area contributed by atoms with Gasteiger partial charge in [0.2, 0.25) is 11.9 Å². The van der Waals surface area contributed by atoms with E-state index < -0.39 is 0 Å². The first-order valence-corrected chi connectivity index (χ1v) is 10.1. The van der Waals surface area contributed by atoms with Gasteiger partial charge in [0.05, 0.1) is 7.11 Å². The van der Waals surface area contributed by atoms with Crippen molar-refractivity contribution in [3.05, 3.63) is 36.2 Å². The van der Waals surface area contributed by atoms with Gasteiger partial charge in [-0.3, -0.25) is 4.79 Å². The average molecular weight is 398 g/mol. The minimum Gasteiger partial charge on any atom is -0.496 e. The molecule has 1 aromatic heterocycles. The highest BCUT2D eigenvalue weighted by molar-refractivity contribution is 5.79. The SMILES string of the molecule is CNC1CCC(C(=O)NCc2cc(-c3cnc(N(C)C)nc3)ccc2OC)CC1. The third kappa shape index (κ3) is 5.23. The summed E-state index contributed by atoms with van der Waals surface area (Å²) < 4.78 is 5.50. The molecule has 7 heteroatoms. The van der Waals surface area contributed by atoms with E-state index >= 15 is 0 Å². The fourth-order valence-electron chi connectivity index (χ4n) is 3.77. The fourth-order valence-corrected chi connectivity index (χ4v) is 3.77. The predicted molar refractivity (Wildman–Crippen MR) is 115 cm³/mol. The van der Waals surface area contributed by atoms with E-state index in [0.29, 0.717) is 18.5 Å². The minimum atomic E-state index is 0.0979. The Morgan fingerprint density at radius 3 is 2.41 bits per heavy atom. The molecule has 29 heavy (non-hydrogen) atoms. The lowest BCUT2D eigenvalue weighted by Crippen LogP contribution is -2.37. The molecule has 1 amide bonds. The highest BCUT2D eigenvalue weighted by Crippen LogP contribution is 2.27. The zero-order valence-electron chi connectivity index (χ0n) is 17.7. The van der Waals surface area contributed by atoms with Crippen LogP contribution in [0.3, 0.4) is 0 Å². The lowest BCUT2D eigenvalue weighted by Gasteiger charge is -2.27. The number of nitrogens with one attached hydrogen (secondary N) is 2. The van der Waals surface area contributed by atoms with Crippen LogP contribution in [0.1, 0.15) is 31.2 Å². The molecule has 2 aromatic rings. The van der Waals surface area contributed by atoms with Gasteiger partial charge in [0.25, 0.3) is 0 Å². The number of carbonyl (C=O) groups excluding carboxylic acids is 1. The van der Waals surface area contributed by atoms with Gasteiger partial charge >= 0.3 is 0 Å². The first-order chi connectivity index (χ1) is 14.0. The van der Waals surface area contributed by atoms with Crippen LogP contribution < -0.4 is 20.3 Å². The molecule has 1 heterocycles. The molecule has 0 unspecified atom stereocenters. The van der Waals surface area contributed by atoms with Crippen molar-refractivity contribution in [2.24, 2.45) is 5.92 Å². The number of ether oxygens (including phenoxy) is 1. The van der Waals surface area contributed by atoms with Gasteiger partial charge in [-0.25, -0.2) is 9.97 Å². The van der Waals surface area contributed by atoms with Crippen LogP contribution in [0.2, 0.25) is 0 Å². The molecule has 1 aromatic carbocycles. The van der Waals surface area contributed by atoms with Gasteiger partial charge in [0.15, 0.2) is 0 Å². The number of carbonyl (C=O) groups is 1. The van der Waals surface area contributed by atoms with Crippen LogP contribution in [0.5, 0.6) is 5.75 Å². The Hall–Kier alpha value is -2.67. The maximum Gasteiger partial charge on any atom is 0.224 e. The van der Waals surface area contributed by atoms with Crippen LogP contribution in [0.15, 0.2) is 30.6 Å². The second-order valence-electron chi connectivity index (χ2n) is 7.75. The molecule has 156 valence electrons. The van der Waals surface area contributed by atoms with Gasteiger partial charge in [0.1, 0.15) is 5.75 Å². The van der Waals surface area contributed by atoms with E-state index in [4.69, 9.17) is 4.74 Å². The second-order valence-corrected chi connectivity index (χ2v) is 7.75. The predicted octanol–water partition coefficient (Wildman–Crippen LogP) is 2.61. The molecule has 1 aliphatic rings. The number of rotatable bonds is 7. The van der Waals surface area contributed by atoms with Crippen LogP contribution >= 0.6 is 0 Å². The Balaban J connectivity index is 1.68. The average Bonchev–Trinajstić information content (AvgIpc) is 2.77. The van der Waals surface area contributed by atoms with Crippen LogP contribution in [0.25, 0.3) is 11.1 Å². The zero-order valence-corrected chi connectivity index (χ0v) is 17.7. The van der Waals surface area contributed by atoms with E-state index in [1.54, 1.807) is 7.11 Å². The Kier molecular flexibility index (Phi) is 7.04. The molecular weight excluding hydrogens is 366 g/mol. The Labute approximate surface area is 172 Å². The lowest BCUT2D eigenvalue weighted by molar-refractivity contribution is -0.126. The van der Waals surface area contributed by atoms with Gasteiger partial charge in [-0.05, 0) is 50.4 Å². The summed E-state index contributed by atoms with van der Waals surface area (Å²) in [5.74, 6) is 1.66. The van der Waals surface area contributed by atoms with Crippen molar-refractivity contribution in [1.29, 1.82) is 0 Å². The highest BCUT2D eigenvalue weighted by atomic mass is 16.5. The van der Waals surface area contributed by atoms with Crippen molar-refractivity contribution in [3.8, 4) is 16.9 Å². The monoisotopic (exact) mass is 397 g/mol. The van der Waals surface area contributed by atoms with Crippen molar-refractivity contribution in [3.63, 3.8) is 0 Å². The molecule has 1 saturated carbocycles. The number of methoxy groups -OCH3 is 1. The fraction of sp³-hybridized carbons (Fsp3) is 0.500. The number of hydrogen-bond donors (Lipinski definition) is 2. The first-order valence-electron chi connectivity index (χ1n) is 10.1. The normalized spacial score (nSPS) is 18.9. The van der Waals surface area contributed by atoms with Gasteiger partial charge in [-0.1, -0.05) is 6.07 Å². The first kappa shape index (κ1) is 21.0. The summed E-state index contributed by atoms with van der Waals surface area (Å²) >= 11 is 0. The summed E-state index contributed by atoms with van der Waals surface area (Å²) in [5, 5.41) is 6.41. The standard InChI is InChI=1S/C22H31N5O2/c1-23-19-8-5-15(6-9-19)21(28)24-12-17-11-16(7-10-20(17)29-4)18-13-25-22(26-14-18)27(2)3/h7,10-11,13-15,19,23H,5-6,8-9,12H2,1-4H3,(H,24,28). The van der Waals surface area contributed by atoms with Crippen LogP contribution in [0.4, 0.5) is 5.95 Å². The number of nitrogens with zero attached hydrogens (tertiary/aromatic N) is 3.